The Morgan fingerprint density at radius 2 is 1.55 bits per heavy atom. The van der Waals surface area contributed by atoms with Crippen LogP contribution in [-0.4, -0.2) is 44.3 Å². The molecule has 0 unspecified atom stereocenters. The molecule has 0 aliphatic rings. The van der Waals surface area contributed by atoms with Crippen molar-refractivity contribution in [2.24, 2.45) is 0 Å². The summed E-state index contributed by atoms with van der Waals surface area (Å²) in [6.07, 6.45) is -0.643. The molecule has 0 aliphatic heterocycles. The van der Waals surface area contributed by atoms with Crippen LogP contribution in [0.2, 0.25) is 0 Å². The Labute approximate surface area is 166 Å². The van der Waals surface area contributed by atoms with Crippen molar-refractivity contribution in [1.82, 2.24) is 0 Å². The lowest BCUT2D eigenvalue weighted by Gasteiger charge is -2.09. The van der Waals surface area contributed by atoms with Crippen molar-refractivity contribution in [3.63, 3.8) is 0 Å². The summed E-state index contributed by atoms with van der Waals surface area (Å²) >= 11 is 0. The van der Waals surface area contributed by atoms with E-state index < -0.39 is 30.5 Å². The molecule has 0 radical (unpaired) electrons. The monoisotopic (exact) mass is 400 g/mol. The lowest BCUT2D eigenvalue weighted by molar-refractivity contribution is -0.119. The van der Waals surface area contributed by atoms with Gasteiger partial charge in [-0.25, -0.2) is 14.4 Å². The number of hydrogen-bond acceptors (Lipinski definition) is 7. The van der Waals surface area contributed by atoms with Crippen LogP contribution in [0.4, 0.5) is 16.2 Å². The van der Waals surface area contributed by atoms with Crippen LogP contribution in [0.1, 0.15) is 27.6 Å². The van der Waals surface area contributed by atoms with Gasteiger partial charge in [-0.1, -0.05) is 6.07 Å². The Hall–Kier alpha value is -3.88. The highest BCUT2D eigenvalue weighted by Crippen LogP contribution is 2.13. The molecule has 9 nitrogen and oxygen atoms in total. The molecular formula is C20H20N2O7. The third-order valence-corrected chi connectivity index (χ3v) is 3.54. The summed E-state index contributed by atoms with van der Waals surface area (Å²) in [7, 11) is 1.27. The molecule has 2 rings (SSSR count). The van der Waals surface area contributed by atoms with Gasteiger partial charge in [0.25, 0.3) is 5.91 Å². The van der Waals surface area contributed by atoms with Crippen molar-refractivity contribution in [2.75, 3.05) is 31.0 Å². The molecule has 2 aromatic rings. The maximum Gasteiger partial charge on any atom is 0.411 e. The SMILES string of the molecule is CCOC(=O)Nc1cccc(C(=O)OCC(=O)Nc2ccc(C(=O)OC)cc2)c1. The number of rotatable bonds is 7. The number of carbonyl (C=O) groups is 4. The fraction of sp³-hybridized carbons (Fsp3) is 0.200. The highest BCUT2D eigenvalue weighted by Gasteiger charge is 2.12. The number of benzene rings is 2. The first-order chi connectivity index (χ1) is 13.9. The summed E-state index contributed by atoms with van der Waals surface area (Å²) in [6, 6.07) is 12.1. The predicted molar refractivity (Wildman–Crippen MR) is 104 cm³/mol. The molecule has 0 bridgehead atoms. The van der Waals surface area contributed by atoms with Gasteiger partial charge in [-0.15, -0.1) is 0 Å². The molecule has 0 aromatic heterocycles. The lowest BCUT2D eigenvalue weighted by atomic mass is 10.2. The van der Waals surface area contributed by atoms with E-state index in [-0.39, 0.29) is 12.2 Å². The van der Waals surface area contributed by atoms with Crippen LogP contribution in [0.15, 0.2) is 48.5 Å². The number of nitrogens with one attached hydrogen (secondary N) is 2. The van der Waals surface area contributed by atoms with Gasteiger partial charge in [0.1, 0.15) is 0 Å². The molecule has 29 heavy (non-hydrogen) atoms. The predicted octanol–water partition coefficient (Wildman–Crippen LogP) is 2.84. The average molecular weight is 400 g/mol. The first-order valence-corrected chi connectivity index (χ1v) is 8.62. The Morgan fingerprint density at radius 3 is 2.21 bits per heavy atom. The van der Waals surface area contributed by atoms with Crippen LogP contribution >= 0.6 is 0 Å². The van der Waals surface area contributed by atoms with Crippen molar-refractivity contribution < 1.29 is 33.4 Å². The molecule has 9 heteroatoms. The van der Waals surface area contributed by atoms with E-state index in [1.165, 1.54) is 43.5 Å². The van der Waals surface area contributed by atoms with Gasteiger partial charge < -0.3 is 19.5 Å². The number of methoxy groups -OCH3 is 1. The van der Waals surface area contributed by atoms with E-state index in [0.29, 0.717) is 16.9 Å². The normalized spacial score (nSPS) is 9.86. The average Bonchev–Trinajstić information content (AvgIpc) is 2.72. The summed E-state index contributed by atoms with van der Waals surface area (Å²) < 4.78 is 14.3. The summed E-state index contributed by atoms with van der Waals surface area (Å²) in [5, 5.41) is 5.01. The second kappa shape index (κ2) is 10.5. The first kappa shape index (κ1) is 21.4. The second-order valence-electron chi connectivity index (χ2n) is 5.62. The molecule has 0 saturated heterocycles. The third kappa shape index (κ3) is 6.65. The zero-order valence-electron chi connectivity index (χ0n) is 15.9. The van der Waals surface area contributed by atoms with Crippen molar-refractivity contribution in [2.45, 2.75) is 6.92 Å². The number of ether oxygens (including phenoxy) is 3. The number of amides is 2. The second-order valence-corrected chi connectivity index (χ2v) is 5.62. The lowest BCUT2D eigenvalue weighted by Crippen LogP contribution is -2.21. The molecule has 2 N–H and O–H groups in total. The first-order valence-electron chi connectivity index (χ1n) is 8.62. The molecule has 0 heterocycles. The van der Waals surface area contributed by atoms with Gasteiger partial charge >= 0.3 is 18.0 Å². The standard InChI is InChI=1S/C20H20N2O7/c1-3-28-20(26)22-16-6-4-5-14(11-16)19(25)29-12-17(23)21-15-9-7-13(8-10-15)18(24)27-2/h4-11H,3,12H2,1-2H3,(H,21,23)(H,22,26). The van der Waals surface area contributed by atoms with Gasteiger partial charge in [0, 0.05) is 11.4 Å². The van der Waals surface area contributed by atoms with Gasteiger partial charge in [0.05, 0.1) is 24.8 Å². The smallest absolute Gasteiger partial charge is 0.411 e. The number of esters is 2. The molecule has 2 amide bonds. The van der Waals surface area contributed by atoms with E-state index in [9.17, 15) is 19.2 Å². The molecule has 0 spiro atoms. The summed E-state index contributed by atoms with van der Waals surface area (Å²) in [5.74, 6) is -1.77. The minimum atomic E-state index is -0.728. The maximum atomic E-state index is 12.1. The zero-order chi connectivity index (χ0) is 21.2. The highest BCUT2D eigenvalue weighted by molar-refractivity contribution is 5.97. The molecular weight excluding hydrogens is 380 g/mol. The number of anilines is 2. The van der Waals surface area contributed by atoms with Crippen LogP contribution in [0.25, 0.3) is 0 Å². The summed E-state index contributed by atoms with van der Waals surface area (Å²) in [6.45, 7) is 1.38. The van der Waals surface area contributed by atoms with E-state index in [1.807, 2.05) is 0 Å². The Bertz CT molecular complexity index is 894. The van der Waals surface area contributed by atoms with E-state index in [0.717, 1.165) is 0 Å². The topological polar surface area (TPSA) is 120 Å². The fourth-order valence-electron chi connectivity index (χ4n) is 2.23. The Morgan fingerprint density at radius 1 is 0.828 bits per heavy atom. The van der Waals surface area contributed by atoms with Gasteiger partial charge in [-0.05, 0) is 49.4 Å². The van der Waals surface area contributed by atoms with Gasteiger partial charge in [0.15, 0.2) is 6.61 Å². The molecule has 0 saturated carbocycles. The Kier molecular flexibility index (Phi) is 7.72. The third-order valence-electron chi connectivity index (χ3n) is 3.54. The summed E-state index contributed by atoms with van der Waals surface area (Å²) in [5.41, 5.74) is 1.29. The van der Waals surface area contributed by atoms with Crippen LogP contribution in [-0.2, 0) is 19.0 Å². The molecule has 0 atom stereocenters. The van der Waals surface area contributed by atoms with E-state index in [2.05, 4.69) is 15.4 Å². The van der Waals surface area contributed by atoms with Crippen molar-refractivity contribution in [3.05, 3.63) is 59.7 Å². The zero-order valence-corrected chi connectivity index (χ0v) is 15.9. The van der Waals surface area contributed by atoms with Crippen LogP contribution in [0, 0.1) is 0 Å². The van der Waals surface area contributed by atoms with Crippen molar-refractivity contribution in [3.8, 4) is 0 Å². The molecule has 0 aliphatic carbocycles. The van der Waals surface area contributed by atoms with E-state index in [1.54, 1.807) is 19.1 Å². The highest BCUT2D eigenvalue weighted by atomic mass is 16.5. The Balaban J connectivity index is 1.87. The summed E-state index contributed by atoms with van der Waals surface area (Å²) in [4.78, 5) is 46.9. The number of carbonyl (C=O) groups excluding carboxylic acids is 4. The van der Waals surface area contributed by atoms with Crippen LogP contribution in [0.5, 0.6) is 0 Å². The van der Waals surface area contributed by atoms with Gasteiger partial charge in [-0.2, -0.15) is 0 Å². The molecule has 0 fully saturated rings. The fourth-order valence-corrected chi connectivity index (χ4v) is 2.23. The maximum absolute atomic E-state index is 12.1. The van der Waals surface area contributed by atoms with Crippen molar-refractivity contribution in [1.29, 1.82) is 0 Å². The van der Waals surface area contributed by atoms with E-state index in [4.69, 9.17) is 9.47 Å². The minimum Gasteiger partial charge on any atom is -0.465 e. The molecule has 152 valence electrons. The van der Waals surface area contributed by atoms with Gasteiger partial charge in [0.2, 0.25) is 0 Å². The van der Waals surface area contributed by atoms with E-state index >= 15 is 0 Å². The molecule has 2 aromatic carbocycles. The van der Waals surface area contributed by atoms with Crippen molar-refractivity contribution >= 4 is 35.3 Å². The number of hydrogen-bond donors (Lipinski definition) is 2. The van der Waals surface area contributed by atoms with Crippen LogP contribution < -0.4 is 10.6 Å². The quantitative estimate of drug-likeness (QED) is 0.542. The van der Waals surface area contributed by atoms with Gasteiger partial charge in [-0.3, -0.25) is 10.1 Å². The van der Waals surface area contributed by atoms with Crippen LogP contribution in [0.3, 0.4) is 0 Å². The largest absolute Gasteiger partial charge is 0.465 e. The minimum absolute atomic E-state index is 0.162.